The molecule has 8 heteroatoms. The Hall–Kier alpha value is -1.90. The van der Waals surface area contributed by atoms with Crippen molar-refractivity contribution in [1.82, 2.24) is 9.21 Å². The van der Waals surface area contributed by atoms with E-state index in [9.17, 15) is 21.6 Å². The first-order chi connectivity index (χ1) is 12.3. The molecule has 140 valence electrons. The Labute approximate surface area is 150 Å². The molecule has 0 aromatic heterocycles. The van der Waals surface area contributed by atoms with Crippen LogP contribution in [0, 0.1) is 17.5 Å². The summed E-state index contributed by atoms with van der Waals surface area (Å²) in [4.78, 5) is 1.10. The Morgan fingerprint density at radius 3 is 2.08 bits per heavy atom. The zero-order chi connectivity index (χ0) is 18.9. The van der Waals surface area contributed by atoms with Gasteiger partial charge in [0.25, 0.3) is 0 Å². The highest BCUT2D eigenvalue weighted by molar-refractivity contribution is 7.89. The molecule has 26 heavy (non-hydrogen) atoms. The van der Waals surface area contributed by atoms with Crippen LogP contribution in [-0.4, -0.2) is 43.8 Å². The summed E-state index contributed by atoms with van der Waals surface area (Å²) in [6.45, 7) is 2.89. The van der Waals surface area contributed by atoms with Crippen LogP contribution in [0.4, 0.5) is 13.2 Å². The Kier molecular flexibility index (Phi) is 5.36. The molecule has 1 saturated heterocycles. The van der Waals surface area contributed by atoms with Crippen LogP contribution in [0.3, 0.4) is 0 Å². The normalized spacial score (nSPS) is 18.0. The summed E-state index contributed by atoms with van der Waals surface area (Å²) in [6.07, 6.45) is 0. The molecule has 1 fully saturated rings. The monoisotopic (exact) mass is 384 g/mol. The van der Waals surface area contributed by atoms with Crippen LogP contribution in [0.5, 0.6) is 0 Å². The summed E-state index contributed by atoms with van der Waals surface area (Å²) in [7, 11) is -4.25. The average molecular weight is 384 g/mol. The van der Waals surface area contributed by atoms with E-state index in [4.69, 9.17) is 0 Å². The van der Waals surface area contributed by atoms with Gasteiger partial charge in [-0.05, 0) is 36.8 Å². The standard InChI is InChI=1S/C18H19F3N2O2S/c1-13(14-4-2-5-15(19)12-14)22-8-10-23(11-9-22)26(24,25)18-16(20)6-3-7-17(18)21/h2-7,12-13H,8-11H2,1H3. The molecular formula is C18H19F3N2O2S. The third kappa shape index (κ3) is 3.62. The zero-order valence-corrected chi connectivity index (χ0v) is 15.0. The van der Waals surface area contributed by atoms with Gasteiger partial charge in [-0.1, -0.05) is 18.2 Å². The van der Waals surface area contributed by atoms with E-state index in [2.05, 4.69) is 0 Å². The van der Waals surface area contributed by atoms with Crippen molar-refractivity contribution in [3.8, 4) is 0 Å². The van der Waals surface area contributed by atoms with E-state index in [0.29, 0.717) is 13.1 Å². The first-order valence-electron chi connectivity index (χ1n) is 8.24. The molecule has 1 aliphatic heterocycles. The topological polar surface area (TPSA) is 40.6 Å². The van der Waals surface area contributed by atoms with Gasteiger partial charge < -0.3 is 0 Å². The Balaban J connectivity index is 1.74. The van der Waals surface area contributed by atoms with Crippen molar-refractivity contribution < 1.29 is 21.6 Å². The van der Waals surface area contributed by atoms with Gasteiger partial charge in [-0.25, -0.2) is 21.6 Å². The molecule has 2 aromatic carbocycles. The van der Waals surface area contributed by atoms with Crippen molar-refractivity contribution in [2.24, 2.45) is 0 Å². The molecule has 3 rings (SSSR count). The Bertz CT molecular complexity index is 877. The van der Waals surface area contributed by atoms with E-state index in [1.54, 1.807) is 6.07 Å². The molecule has 2 aromatic rings. The van der Waals surface area contributed by atoms with E-state index in [1.165, 1.54) is 12.1 Å². The van der Waals surface area contributed by atoms with Gasteiger partial charge >= 0.3 is 0 Å². The lowest BCUT2D eigenvalue weighted by Gasteiger charge is -2.37. The average Bonchev–Trinajstić information content (AvgIpc) is 2.61. The quantitative estimate of drug-likeness (QED) is 0.813. The van der Waals surface area contributed by atoms with Gasteiger partial charge in [0.2, 0.25) is 10.0 Å². The second-order valence-corrected chi connectivity index (χ2v) is 8.10. The fourth-order valence-corrected chi connectivity index (χ4v) is 4.70. The largest absolute Gasteiger partial charge is 0.294 e. The number of rotatable bonds is 4. The predicted molar refractivity (Wildman–Crippen MR) is 91.5 cm³/mol. The predicted octanol–water partition coefficient (Wildman–Crippen LogP) is 3.17. The van der Waals surface area contributed by atoms with Crippen LogP contribution >= 0.6 is 0 Å². The summed E-state index contributed by atoms with van der Waals surface area (Å²) < 4.78 is 67.4. The van der Waals surface area contributed by atoms with Crippen LogP contribution in [0.25, 0.3) is 0 Å². The van der Waals surface area contributed by atoms with E-state index >= 15 is 0 Å². The number of nitrogens with zero attached hydrogens (tertiary/aromatic N) is 2. The lowest BCUT2D eigenvalue weighted by Crippen LogP contribution is -2.49. The van der Waals surface area contributed by atoms with Gasteiger partial charge in [-0.2, -0.15) is 4.31 Å². The number of hydrogen-bond acceptors (Lipinski definition) is 3. The fraction of sp³-hybridized carbons (Fsp3) is 0.333. The maximum Gasteiger partial charge on any atom is 0.249 e. The maximum absolute atomic E-state index is 13.9. The van der Waals surface area contributed by atoms with Gasteiger partial charge in [-0.15, -0.1) is 0 Å². The van der Waals surface area contributed by atoms with Gasteiger partial charge in [0.05, 0.1) is 0 Å². The minimum Gasteiger partial charge on any atom is -0.294 e. The van der Waals surface area contributed by atoms with Crippen LogP contribution in [0.1, 0.15) is 18.5 Å². The van der Waals surface area contributed by atoms with E-state index in [-0.39, 0.29) is 24.9 Å². The second-order valence-electron chi connectivity index (χ2n) is 6.22. The minimum atomic E-state index is -4.25. The smallest absolute Gasteiger partial charge is 0.249 e. The SMILES string of the molecule is CC(c1cccc(F)c1)N1CCN(S(=O)(=O)c2c(F)cccc2F)CC1. The number of hydrogen-bond donors (Lipinski definition) is 0. The molecular weight excluding hydrogens is 365 g/mol. The summed E-state index contributed by atoms with van der Waals surface area (Å²) >= 11 is 0. The van der Waals surface area contributed by atoms with Crippen molar-refractivity contribution in [3.05, 3.63) is 65.5 Å². The van der Waals surface area contributed by atoms with Crippen molar-refractivity contribution in [1.29, 1.82) is 0 Å². The van der Waals surface area contributed by atoms with Gasteiger partial charge in [0, 0.05) is 32.2 Å². The number of sulfonamides is 1. The number of piperazine rings is 1. The molecule has 0 aliphatic carbocycles. The highest BCUT2D eigenvalue weighted by atomic mass is 32.2. The second kappa shape index (κ2) is 7.38. The summed E-state index contributed by atoms with van der Waals surface area (Å²) in [5.41, 5.74) is 0.793. The molecule has 0 radical (unpaired) electrons. The highest BCUT2D eigenvalue weighted by Gasteiger charge is 2.34. The highest BCUT2D eigenvalue weighted by Crippen LogP contribution is 2.26. The fourth-order valence-electron chi connectivity index (χ4n) is 3.17. The molecule has 0 bridgehead atoms. The van der Waals surface area contributed by atoms with E-state index in [0.717, 1.165) is 28.1 Å². The molecule has 0 saturated carbocycles. The molecule has 1 atom stereocenters. The van der Waals surface area contributed by atoms with Crippen LogP contribution in [0.15, 0.2) is 47.4 Å². The van der Waals surface area contributed by atoms with Gasteiger partial charge in [0.15, 0.2) is 4.90 Å². The van der Waals surface area contributed by atoms with Crippen LogP contribution in [-0.2, 0) is 10.0 Å². The van der Waals surface area contributed by atoms with E-state index < -0.39 is 26.6 Å². The molecule has 0 amide bonds. The lowest BCUT2D eigenvalue weighted by atomic mass is 10.1. The van der Waals surface area contributed by atoms with Crippen LogP contribution in [0.2, 0.25) is 0 Å². The molecule has 0 N–H and O–H groups in total. The zero-order valence-electron chi connectivity index (χ0n) is 14.2. The molecule has 1 unspecified atom stereocenters. The Morgan fingerprint density at radius 1 is 0.923 bits per heavy atom. The molecule has 1 heterocycles. The number of benzene rings is 2. The summed E-state index contributed by atoms with van der Waals surface area (Å²) in [5.74, 6) is -2.52. The third-order valence-electron chi connectivity index (χ3n) is 4.67. The van der Waals surface area contributed by atoms with Crippen molar-refractivity contribution in [2.45, 2.75) is 17.9 Å². The molecule has 1 aliphatic rings. The number of halogens is 3. The first kappa shape index (κ1) is 18.9. The summed E-state index contributed by atoms with van der Waals surface area (Å²) in [5, 5.41) is 0. The minimum absolute atomic E-state index is 0.0965. The maximum atomic E-state index is 13.9. The van der Waals surface area contributed by atoms with E-state index in [1.807, 2.05) is 17.9 Å². The van der Waals surface area contributed by atoms with Crippen molar-refractivity contribution >= 4 is 10.0 Å². The molecule has 4 nitrogen and oxygen atoms in total. The molecule has 0 spiro atoms. The van der Waals surface area contributed by atoms with Gasteiger partial charge in [0.1, 0.15) is 17.5 Å². The lowest BCUT2D eigenvalue weighted by molar-refractivity contribution is 0.145. The van der Waals surface area contributed by atoms with Gasteiger partial charge in [-0.3, -0.25) is 4.90 Å². The summed E-state index contributed by atoms with van der Waals surface area (Å²) in [6, 6.07) is 9.14. The van der Waals surface area contributed by atoms with Crippen molar-refractivity contribution in [3.63, 3.8) is 0 Å². The third-order valence-corrected chi connectivity index (χ3v) is 6.62. The van der Waals surface area contributed by atoms with Crippen LogP contribution < -0.4 is 0 Å². The Morgan fingerprint density at radius 2 is 1.50 bits per heavy atom. The van der Waals surface area contributed by atoms with Crippen molar-refractivity contribution in [2.75, 3.05) is 26.2 Å². The first-order valence-corrected chi connectivity index (χ1v) is 9.68.